The second-order valence-electron chi connectivity index (χ2n) is 4.54. The molecule has 1 aromatic heterocycles. The summed E-state index contributed by atoms with van der Waals surface area (Å²) in [6, 6.07) is 11.0. The van der Waals surface area contributed by atoms with Gasteiger partial charge in [0.05, 0.1) is 10.6 Å². The number of thioether (sulfide) groups is 1. The van der Waals surface area contributed by atoms with Gasteiger partial charge in [0.15, 0.2) is 4.32 Å². The van der Waals surface area contributed by atoms with E-state index in [0.717, 1.165) is 5.69 Å². The number of hydrogen-bond acceptors (Lipinski definition) is 3. The zero-order valence-electron chi connectivity index (χ0n) is 11.1. The molecule has 1 saturated heterocycles. The number of benzene rings is 1. The lowest BCUT2D eigenvalue weighted by atomic mass is 10.3. The lowest BCUT2D eigenvalue weighted by Crippen LogP contribution is -2.27. The van der Waals surface area contributed by atoms with Crippen molar-refractivity contribution in [3.8, 4) is 0 Å². The van der Waals surface area contributed by atoms with Crippen molar-refractivity contribution in [3.05, 3.63) is 58.2 Å². The van der Waals surface area contributed by atoms with Gasteiger partial charge in [-0.2, -0.15) is 0 Å². The van der Waals surface area contributed by atoms with Crippen LogP contribution in [0.25, 0.3) is 6.08 Å². The van der Waals surface area contributed by atoms with Crippen molar-refractivity contribution in [2.45, 2.75) is 0 Å². The van der Waals surface area contributed by atoms with Crippen molar-refractivity contribution in [1.29, 1.82) is 0 Å². The number of amides is 1. The molecule has 0 N–H and O–H groups in total. The highest BCUT2D eigenvalue weighted by atomic mass is 35.5. The number of carbonyl (C=O) groups is 1. The third-order valence-electron chi connectivity index (χ3n) is 3.12. The molecule has 1 aliphatic heterocycles. The second kappa shape index (κ2) is 5.67. The Hall–Kier alpha value is -1.56. The van der Waals surface area contributed by atoms with Crippen LogP contribution < -0.4 is 4.90 Å². The molecule has 21 heavy (non-hydrogen) atoms. The quantitative estimate of drug-likeness (QED) is 0.611. The molecular weight excluding hydrogens is 324 g/mol. The highest BCUT2D eigenvalue weighted by molar-refractivity contribution is 8.27. The minimum absolute atomic E-state index is 0.117. The zero-order valence-corrected chi connectivity index (χ0v) is 13.5. The van der Waals surface area contributed by atoms with Crippen LogP contribution in [-0.2, 0) is 11.8 Å². The van der Waals surface area contributed by atoms with E-state index in [2.05, 4.69) is 0 Å². The lowest BCUT2D eigenvalue weighted by Gasteiger charge is -2.14. The summed E-state index contributed by atoms with van der Waals surface area (Å²) in [7, 11) is 1.93. The van der Waals surface area contributed by atoms with E-state index in [1.54, 1.807) is 18.2 Å². The maximum Gasteiger partial charge on any atom is 0.270 e. The molecule has 1 aliphatic rings. The van der Waals surface area contributed by atoms with Crippen molar-refractivity contribution >= 4 is 57.6 Å². The number of halogens is 1. The molecule has 1 aromatic carbocycles. The summed E-state index contributed by atoms with van der Waals surface area (Å²) >= 11 is 12.6. The molecule has 2 aromatic rings. The number of nitrogens with zero attached hydrogens (tertiary/aromatic N) is 2. The first kappa shape index (κ1) is 14.4. The van der Waals surface area contributed by atoms with E-state index in [0.29, 0.717) is 19.9 Å². The van der Waals surface area contributed by atoms with Crippen LogP contribution in [0.4, 0.5) is 5.69 Å². The largest absolute Gasteiger partial charge is 0.351 e. The molecule has 0 radical (unpaired) electrons. The topological polar surface area (TPSA) is 25.2 Å². The Morgan fingerprint density at radius 2 is 2.10 bits per heavy atom. The van der Waals surface area contributed by atoms with E-state index in [9.17, 15) is 4.79 Å². The molecule has 3 rings (SSSR count). The van der Waals surface area contributed by atoms with E-state index in [1.165, 1.54) is 16.7 Å². The minimum Gasteiger partial charge on any atom is -0.351 e. The van der Waals surface area contributed by atoms with Crippen LogP contribution in [0.2, 0.25) is 5.02 Å². The fourth-order valence-corrected chi connectivity index (χ4v) is 3.53. The predicted molar refractivity (Wildman–Crippen MR) is 92.5 cm³/mol. The van der Waals surface area contributed by atoms with Gasteiger partial charge in [-0.25, -0.2) is 0 Å². The number of rotatable bonds is 2. The summed E-state index contributed by atoms with van der Waals surface area (Å²) in [4.78, 5) is 14.7. The van der Waals surface area contributed by atoms with Crippen LogP contribution in [0.3, 0.4) is 0 Å². The molecule has 0 unspecified atom stereocenters. The molecule has 0 saturated carbocycles. The molecule has 1 fully saturated rings. The number of aryl methyl sites for hydroxylation is 1. The fraction of sp³-hybridized carbons (Fsp3) is 0.0667. The van der Waals surface area contributed by atoms with Crippen molar-refractivity contribution in [1.82, 2.24) is 4.57 Å². The van der Waals surface area contributed by atoms with E-state index in [1.807, 2.05) is 42.1 Å². The molecule has 0 atom stereocenters. The highest BCUT2D eigenvalue weighted by Gasteiger charge is 2.33. The Morgan fingerprint density at radius 1 is 1.29 bits per heavy atom. The molecule has 0 bridgehead atoms. The molecule has 1 amide bonds. The Balaban J connectivity index is 1.96. The first-order chi connectivity index (χ1) is 10.1. The maximum atomic E-state index is 12.6. The molecule has 2 heterocycles. The van der Waals surface area contributed by atoms with Gasteiger partial charge in [0.1, 0.15) is 0 Å². The third-order valence-corrected chi connectivity index (χ3v) is 4.66. The molecule has 106 valence electrons. The van der Waals surface area contributed by atoms with Crippen molar-refractivity contribution in [2.24, 2.45) is 7.05 Å². The number of thiocarbonyl (C=S) groups is 1. The van der Waals surface area contributed by atoms with Gasteiger partial charge < -0.3 is 4.57 Å². The Labute approximate surface area is 137 Å². The zero-order chi connectivity index (χ0) is 15.0. The summed E-state index contributed by atoms with van der Waals surface area (Å²) in [5.41, 5.74) is 1.65. The summed E-state index contributed by atoms with van der Waals surface area (Å²) in [6.07, 6.45) is 3.79. The minimum atomic E-state index is -0.117. The number of hydrogen-bond donors (Lipinski definition) is 0. The third kappa shape index (κ3) is 2.77. The van der Waals surface area contributed by atoms with Gasteiger partial charge in [0, 0.05) is 24.0 Å². The predicted octanol–water partition coefficient (Wildman–Crippen LogP) is 4.08. The monoisotopic (exact) mass is 334 g/mol. The second-order valence-corrected chi connectivity index (χ2v) is 6.65. The smallest absolute Gasteiger partial charge is 0.270 e. The Bertz CT molecular complexity index is 767. The molecular formula is C15H11ClN2OS2. The summed E-state index contributed by atoms with van der Waals surface area (Å²) in [6.45, 7) is 0. The lowest BCUT2D eigenvalue weighted by molar-refractivity contribution is -0.113. The summed E-state index contributed by atoms with van der Waals surface area (Å²) in [5.74, 6) is -0.117. The first-order valence-electron chi connectivity index (χ1n) is 6.21. The molecule has 0 aliphatic carbocycles. The average Bonchev–Trinajstić information content (AvgIpc) is 2.95. The van der Waals surface area contributed by atoms with E-state index in [4.69, 9.17) is 23.8 Å². The number of aromatic nitrogens is 1. The first-order valence-corrected chi connectivity index (χ1v) is 7.81. The number of anilines is 1. The Kier molecular flexibility index (Phi) is 3.89. The van der Waals surface area contributed by atoms with Crippen LogP contribution >= 0.6 is 35.6 Å². The van der Waals surface area contributed by atoms with Crippen molar-refractivity contribution < 1.29 is 4.79 Å². The van der Waals surface area contributed by atoms with Gasteiger partial charge in [-0.3, -0.25) is 9.69 Å². The van der Waals surface area contributed by atoms with Gasteiger partial charge >= 0.3 is 0 Å². The van der Waals surface area contributed by atoms with Gasteiger partial charge in [0.25, 0.3) is 5.91 Å². The van der Waals surface area contributed by atoms with Crippen LogP contribution in [-0.4, -0.2) is 14.8 Å². The van der Waals surface area contributed by atoms with Crippen LogP contribution in [0.1, 0.15) is 5.69 Å². The van der Waals surface area contributed by atoms with Crippen molar-refractivity contribution in [3.63, 3.8) is 0 Å². The maximum absolute atomic E-state index is 12.6. The van der Waals surface area contributed by atoms with E-state index in [-0.39, 0.29) is 5.91 Å². The molecule has 6 heteroatoms. The van der Waals surface area contributed by atoms with Gasteiger partial charge in [0.2, 0.25) is 0 Å². The molecule has 0 spiro atoms. The van der Waals surface area contributed by atoms with Gasteiger partial charge in [-0.15, -0.1) is 0 Å². The van der Waals surface area contributed by atoms with Crippen LogP contribution in [0.15, 0.2) is 47.5 Å². The van der Waals surface area contributed by atoms with Crippen LogP contribution in [0.5, 0.6) is 0 Å². The van der Waals surface area contributed by atoms with Crippen LogP contribution in [0, 0.1) is 0 Å². The van der Waals surface area contributed by atoms with E-state index < -0.39 is 0 Å². The number of carbonyl (C=O) groups excluding carboxylic acids is 1. The Morgan fingerprint density at radius 3 is 2.76 bits per heavy atom. The average molecular weight is 335 g/mol. The summed E-state index contributed by atoms with van der Waals surface area (Å²) < 4.78 is 2.47. The van der Waals surface area contributed by atoms with E-state index >= 15 is 0 Å². The SMILES string of the molecule is Cn1cccc1/C=C1/SC(=S)N(c2cccc(Cl)c2)C1=O. The van der Waals surface area contributed by atoms with Gasteiger partial charge in [-0.1, -0.05) is 41.6 Å². The van der Waals surface area contributed by atoms with Crippen molar-refractivity contribution in [2.75, 3.05) is 4.90 Å². The van der Waals surface area contributed by atoms with Gasteiger partial charge in [-0.05, 0) is 36.4 Å². The normalized spacial score (nSPS) is 17.0. The highest BCUT2D eigenvalue weighted by Crippen LogP contribution is 2.36. The molecule has 3 nitrogen and oxygen atoms in total. The fourth-order valence-electron chi connectivity index (χ4n) is 2.06. The standard InChI is InChI=1S/C15H11ClN2OS2/c1-17-7-3-6-11(17)9-13-14(19)18(15(20)21-13)12-5-2-4-10(16)8-12/h2-9H,1H3/b13-9+. The summed E-state index contributed by atoms with van der Waals surface area (Å²) in [5, 5.41) is 0.577.